The van der Waals surface area contributed by atoms with Gasteiger partial charge >= 0.3 is 164 Å². The summed E-state index contributed by atoms with van der Waals surface area (Å²) in [5, 5.41) is 2.92. The van der Waals surface area contributed by atoms with E-state index in [0.717, 1.165) is 20.9 Å². The molecule has 1 heterocycles. The SMILES string of the molecule is CCCCC[Se]CCCC(B1OC(C)(C)C(C)(C)O1)C1CCCCC1. The third-order valence-corrected chi connectivity index (χ3v) is 9.02. The molecule has 4 heteroatoms. The quantitative estimate of drug-likeness (QED) is 0.298. The third-order valence-electron chi connectivity index (χ3n) is 6.59. The van der Waals surface area contributed by atoms with E-state index in [9.17, 15) is 0 Å². The van der Waals surface area contributed by atoms with Gasteiger partial charge in [-0.15, -0.1) is 0 Å². The molecule has 1 unspecified atom stereocenters. The predicted octanol–water partition coefficient (Wildman–Crippen LogP) is 6.54. The molecule has 1 saturated heterocycles. The number of rotatable bonds is 10. The Kier molecular flexibility index (Phi) is 8.86. The van der Waals surface area contributed by atoms with E-state index in [1.807, 2.05) is 0 Å². The molecule has 1 atom stereocenters. The maximum absolute atomic E-state index is 6.47. The van der Waals surface area contributed by atoms with Gasteiger partial charge in [0.1, 0.15) is 0 Å². The van der Waals surface area contributed by atoms with Crippen molar-refractivity contribution >= 4 is 22.1 Å². The van der Waals surface area contributed by atoms with Crippen LogP contribution in [-0.4, -0.2) is 33.3 Å². The molecule has 1 aliphatic heterocycles. The van der Waals surface area contributed by atoms with Crippen LogP contribution in [0.1, 0.15) is 98.8 Å². The minimum absolute atomic E-state index is 0.0145. The number of unbranched alkanes of at least 4 members (excludes halogenated alkanes) is 2. The third kappa shape index (κ3) is 6.27. The summed E-state index contributed by atoms with van der Waals surface area (Å²) >= 11 is 0.849. The first kappa shape index (κ1) is 21.8. The molecule has 0 radical (unpaired) electrons. The number of hydrogen-bond acceptors (Lipinski definition) is 2. The van der Waals surface area contributed by atoms with Crippen LogP contribution in [0.25, 0.3) is 0 Å². The Morgan fingerprint density at radius 2 is 1.52 bits per heavy atom. The zero-order valence-electron chi connectivity index (χ0n) is 17.4. The van der Waals surface area contributed by atoms with Crippen molar-refractivity contribution in [1.29, 1.82) is 0 Å². The molecular formula is C21H41BO2Se. The van der Waals surface area contributed by atoms with E-state index in [4.69, 9.17) is 9.31 Å². The molecular weight excluding hydrogens is 374 g/mol. The van der Waals surface area contributed by atoms with Gasteiger partial charge in [0.2, 0.25) is 0 Å². The normalized spacial score (nSPS) is 24.6. The molecule has 0 aromatic rings. The second-order valence-corrected chi connectivity index (χ2v) is 11.7. The van der Waals surface area contributed by atoms with Crippen LogP contribution >= 0.6 is 0 Å². The molecule has 2 fully saturated rings. The fourth-order valence-electron chi connectivity index (χ4n) is 4.20. The van der Waals surface area contributed by atoms with Crippen LogP contribution in [0.2, 0.25) is 16.5 Å². The summed E-state index contributed by atoms with van der Waals surface area (Å²) in [6, 6.07) is 0. The van der Waals surface area contributed by atoms with E-state index in [0.29, 0.717) is 5.82 Å². The maximum atomic E-state index is 6.47. The Morgan fingerprint density at radius 1 is 0.920 bits per heavy atom. The van der Waals surface area contributed by atoms with Gasteiger partial charge in [0.05, 0.1) is 0 Å². The van der Waals surface area contributed by atoms with Crippen LogP contribution < -0.4 is 0 Å². The summed E-state index contributed by atoms with van der Waals surface area (Å²) in [6.45, 7) is 11.1. The summed E-state index contributed by atoms with van der Waals surface area (Å²) < 4.78 is 12.9. The van der Waals surface area contributed by atoms with Crippen molar-refractivity contribution in [3.63, 3.8) is 0 Å². The van der Waals surface area contributed by atoms with E-state index >= 15 is 0 Å². The predicted molar refractivity (Wildman–Crippen MR) is 111 cm³/mol. The van der Waals surface area contributed by atoms with E-state index in [2.05, 4.69) is 34.6 Å². The van der Waals surface area contributed by atoms with Crippen LogP contribution in [0.5, 0.6) is 0 Å². The summed E-state index contributed by atoms with van der Waals surface area (Å²) in [5.41, 5.74) is -0.372. The molecule has 0 N–H and O–H groups in total. The van der Waals surface area contributed by atoms with Crippen LogP contribution in [0.3, 0.4) is 0 Å². The fraction of sp³-hybridized carbons (Fsp3) is 1.00. The first-order chi connectivity index (χ1) is 11.9. The topological polar surface area (TPSA) is 18.5 Å². The van der Waals surface area contributed by atoms with Crippen LogP contribution in [0, 0.1) is 5.92 Å². The first-order valence-corrected chi connectivity index (χ1v) is 13.2. The van der Waals surface area contributed by atoms with Gasteiger partial charge in [-0.25, -0.2) is 0 Å². The Bertz CT molecular complexity index is 364. The first-order valence-electron chi connectivity index (χ1n) is 10.8. The van der Waals surface area contributed by atoms with E-state index in [1.165, 1.54) is 74.8 Å². The molecule has 0 amide bonds. The molecule has 1 saturated carbocycles. The molecule has 0 bridgehead atoms. The molecule has 25 heavy (non-hydrogen) atoms. The average molecular weight is 415 g/mol. The van der Waals surface area contributed by atoms with E-state index in [-0.39, 0.29) is 18.3 Å². The van der Waals surface area contributed by atoms with Crippen LogP contribution in [0.4, 0.5) is 0 Å². The van der Waals surface area contributed by atoms with Gasteiger partial charge in [0.15, 0.2) is 0 Å². The van der Waals surface area contributed by atoms with Crippen molar-refractivity contribution in [2.24, 2.45) is 5.92 Å². The van der Waals surface area contributed by atoms with Gasteiger partial charge in [0, 0.05) is 0 Å². The summed E-state index contributed by atoms with van der Waals surface area (Å²) in [7, 11) is 0.0145. The zero-order chi connectivity index (χ0) is 18.3. The average Bonchev–Trinajstić information content (AvgIpc) is 2.78. The minimum atomic E-state index is -0.186. The number of hydrogen-bond donors (Lipinski definition) is 0. The van der Waals surface area contributed by atoms with Crippen molar-refractivity contribution in [3.8, 4) is 0 Å². The van der Waals surface area contributed by atoms with Gasteiger partial charge in [-0.2, -0.15) is 0 Å². The van der Waals surface area contributed by atoms with Crippen molar-refractivity contribution in [2.45, 2.75) is 126 Å². The molecule has 2 nitrogen and oxygen atoms in total. The van der Waals surface area contributed by atoms with Crippen molar-refractivity contribution in [1.82, 2.24) is 0 Å². The zero-order valence-corrected chi connectivity index (χ0v) is 19.2. The van der Waals surface area contributed by atoms with E-state index in [1.54, 1.807) is 0 Å². The van der Waals surface area contributed by atoms with Crippen molar-refractivity contribution in [3.05, 3.63) is 0 Å². The Labute approximate surface area is 163 Å². The van der Waals surface area contributed by atoms with Crippen molar-refractivity contribution in [2.75, 3.05) is 0 Å². The summed E-state index contributed by atoms with van der Waals surface area (Å²) in [5.74, 6) is 1.42. The van der Waals surface area contributed by atoms with Gasteiger partial charge < -0.3 is 0 Å². The molecule has 2 rings (SSSR count). The second kappa shape index (κ2) is 10.2. The van der Waals surface area contributed by atoms with Crippen LogP contribution in [-0.2, 0) is 9.31 Å². The summed E-state index contributed by atoms with van der Waals surface area (Å²) in [6.07, 6.45) is 13.9. The van der Waals surface area contributed by atoms with Gasteiger partial charge in [-0.1, -0.05) is 0 Å². The molecule has 1 aliphatic carbocycles. The standard InChI is InChI=1S/C21H41BO2Se/c1-6-7-11-16-25-17-12-15-19(18-13-9-8-10-14-18)22-23-20(2,3)21(4,5)24-22/h18-19H,6-17H2,1-5H3. The van der Waals surface area contributed by atoms with Gasteiger partial charge in [-0.3, -0.25) is 0 Å². The monoisotopic (exact) mass is 416 g/mol. The molecule has 2 aliphatic rings. The Balaban J connectivity index is 1.86. The van der Waals surface area contributed by atoms with Gasteiger partial charge in [-0.05, 0) is 0 Å². The molecule has 0 aromatic carbocycles. The van der Waals surface area contributed by atoms with Gasteiger partial charge in [0.25, 0.3) is 0 Å². The van der Waals surface area contributed by atoms with Crippen LogP contribution in [0.15, 0.2) is 0 Å². The second-order valence-electron chi connectivity index (χ2n) is 9.15. The molecule has 0 spiro atoms. The fourth-order valence-corrected chi connectivity index (χ4v) is 6.26. The van der Waals surface area contributed by atoms with Crippen molar-refractivity contribution < 1.29 is 9.31 Å². The Hall–Kier alpha value is 0.504. The summed E-state index contributed by atoms with van der Waals surface area (Å²) in [4.78, 5) is 0. The van der Waals surface area contributed by atoms with E-state index < -0.39 is 0 Å². The molecule has 146 valence electrons. The molecule has 0 aromatic heterocycles. The Morgan fingerprint density at radius 3 is 2.12 bits per heavy atom.